The molecule has 19 heavy (non-hydrogen) atoms. The van der Waals surface area contributed by atoms with E-state index in [0.717, 1.165) is 0 Å². The maximum Gasteiger partial charge on any atom is 0.266 e. The third-order valence-electron chi connectivity index (χ3n) is 2.71. The summed E-state index contributed by atoms with van der Waals surface area (Å²) in [5.41, 5.74) is -0.0373. The van der Waals surface area contributed by atoms with Gasteiger partial charge in [0.05, 0.1) is 12.2 Å². The summed E-state index contributed by atoms with van der Waals surface area (Å²) in [6.07, 6.45) is 1.51. The molecule has 1 rings (SSSR count). The van der Waals surface area contributed by atoms with Gasteiger partial charge in [0.25, 0.3) is 5.91 Å². The maximum absolute atomic E-state index is 12.3. The minimum atomic E-state index is -0.235. The van der Waals surface area contributed by atoms with Gasteiger partial charge in [-0.25, -0.2) is 0 Å². The van der Waals surface area contributed by atoms with Crippen LogP contribution in [0.1, 0.15) is 34.6 Å². The summed E-state index contributed by atoms with van der Waals surface area (Å²) in [5, 5.41) is 12.2. The number of carbonyl (C=O) groups excluding carboxylic acids is 1. The van der Waals surface area contributed by atoms with Gasteiger partial charge >= 0.3 is 0 Å². The molecule has 0 saturated carbocycles. The molecule has 1 aliphatic heterocycles. The predicted molar refractivity (Wildman–Crippen MR) is 73.2 cm³/mol. The number of hydrogen-bond acceptors (Lipinski definition) is 4. The number of nitrogens with one attached hydrogen (secondary N) is 1. The highest BCUT2D eigenvalue weighted by atomic mass is 16.5. The first-order valence-electron chi connectivity index (χ1n) is 6.55. The van der Waals surface area contributed by atoms with Crippen LogP contribution in [0.2, 0.25) is 0 Å². The number of ether oxygens (including phenoxy) is 1. The Hall–Kier alpha value is -1.54. The maximum atomic E-state index is 12.3. The molecule has 106 valence electrons. The van der Waals surface area contributed by atoms with E-state index in [1.54, 1.807) is 4.90 Å². The SMILES string of the molecule is CC1CN(C(=O)/C(C#N)=C\NC(C)(C)C)CC(C)O1. The summed E-state index contributed by atoms with van der Waals surface area (Å²) < 4.78 is 5.58. The molecule has 0 aliphatic carbocycles. The zero-order chi connectivity index (χ0) is 14.6. The Morgan fingerprint density at radius 1 is 1.37 bits per heavy atom. The number of nitriles is 1. The molecule has 2 unspecified atom stereocenters. The molecule has 1 saturated heterocycles. The molecule has 0 spiro atoms. The standard InChI is InChI=1S/C14H23N3O2/c1-10-8-17(9-11(2)19-10)13(18)12(6-15)7-16-14(3,4)5/h7,10-11,16H,8-9H2,1-5H3/b12-7-. The first kappa shape index (κ1) is 15.5. The van der Waals surface area contributed by atoms with Crippen LogP contribution in [0.15, 0.2) is 11.8 Å². The van der Waals surface area contributed by atoms with Crippen molar-refractivity contribution in [3.63, 3.8) is 0 Å². The van der Waals surface area contributed by atoms with Crippen LogP contribution < -0.4 is 5.32 Å². The summed E-state index contributed by atoms with van der Waals surface area (Å²) in [6.45, 7) is 10.8. The minimum Gasteiger partial charge on any atom is -0.385 e. The fraction of sp³-hybridized carbons (Fsp3) is 0.714. The van der Waals surface area contributed by atoms with Gasteiger partial charge in [-0.05, 0) is 34.6 Å². The summed E-state index contributed by atoms with van der Waals surface area (Å²) in [5.74, 6) is -0.235. The Bertz CT molecular complexity index is 394. The van der Waals surface area contributed by atoms with E-state index in [2.05, 4.69) is 5.32 Å². The van der Waals surface area contributed by atoms with Crippen molar-refractivity contribution in [1.29, 1.82) is 5.26 Å². The van der Waals surface area contributed by atoms with Gasteiger partial charge in [0.2, 0.25) is 0 Å². The molecular formula is C14H23N3O2. The zero-order valence-corrected chi connectivity index (χ0v) is 12.4. The van der Waals surface area contributed by atoms with E-state index in [0.29, 0.717) is 13.1 Å². The second-order valence-electron chi connectivity index (χ2n) is 6.03. The van der Waals surface area contributed by atoms with E-state index in [9.17, 15) is 4.79 Å². The van der Waals surface area contributed by atoms with Gasteiger partial charge in [0.1, 0.15) is 11.6 Å². The van der Waals surface area contributed by atoms with E-state index in [-0.39, 0.29) is 29.2 Å². The molecule has 1 N–H and O–H groups in total. The lowest BCUT2D eigenvalue weighted by Gasteiger charge is -2.35. The van der Waals surface area contributed by atoms with E-state index < -0.39 is 0 Å². The Balaban J connectivity index is 2.76. The predicted octanol–water partition coefficient (Wildman–Crippen LogP) is 1.42. The molecule has 0 aromatic carbocycles. The molecule has 1 amide bonds. The summed E-state index contributed by atoms with van der Waals surface area (Å²) in [6, 6.07) is 1.97. The summed E-state index contributed by atoms with van der Waals surface area (Å²) in [4.78, 5) is 14.0. The Kier molecular flexibility index (Phi) is 4.96. The van der Waals surface area contributed by atoms with Crippen LogP contribution in [0.25, 0.3) is 0 Å². The number of morpholine rings is 1. The van der Waals surface area contributed by atoms with Gasteiger partial charge in [0.15, 0.2) is 0 Å². The van der Waals surface area contributed by atoms with E-state index in [4.69, 9.17) is 10.00 Å². The van der Waals surface area contributed by atoms with E-state index in [1.807, 2.05) is 40.7 Å². The highest BCUT2D eigenvalue weighted by Gasteiger charge is 2.27. The van der Waals surface area contributed by atoms with Crippen LogP contribution in [-0.4, -0.2) is 41.6 Å². The Morgan fingerprint density at radius 2 is 1.89 bits per heavy atom. The van der Waals surface area contributed by atoms with Gasteiger partial charge in [-0.1, -0.05) is 0 Å². The largest absolute Gasteiger partial charge is 0.385 e. The van der Waals surface area contributed by atoms with Crippen molar-refractivity contribution in [2.75, 3.05) is 13.1 Å². The van der Waals surface area contributed by atoms with E-state index >= 15 is 0 Å². The van der Waals surface area contributed by atoms with Crippen LogP contribution in [0.4, 0.5) is 0 Å². The molecule has 1 fully saturated rings. The van der Waals surface area contributed by atoms with Crippen LogP contribution in [0.3, 0.4) is 0 Å². The molecule has 0 radical (unpaired) electrons. The molecule has 5 heteroatoms. The lowest BCUT2D eigenvalue weighted by Crippen LogP contribution is -2.48. The Labute approximate surface area is 115 Å². The van der Waals surface area contributed by atoms with Gasteiger partial charge < -0.3 is 15.0 Å². The van der Waals surface area contributed by atoms with E-state index in [1.165, 1.54) is 6.20 Å². The fourth-order valence-corrected chi connectivity index (χ4v) is 1.94. The number of hydrogen-bond donors (Lipinski definition) is 1. The third kappa shape index (κ3) is 4.92. The van der Waals surface area contributed by atoms with Crippen molar-refractivity contribution in [2.45, 2.75) is 52.4 Å². The smallest absolute Gasteiger partial charge is 0.266 e. The van der Waals surface area contributed by atoms with Crippen molar-refractivity contribution in [2.24, 2.45) is 0 Å². The second-order valence-corrected chi connectivity index (χ2v) is 6.03. The van der Waals surface area contributed by atoms with Crippen LogP contribution in [-0.2, 0) is 9.53 Å². The number of rotatable bonds is 2. The van der Waals surface area contributed by atoms with Crippen molar-refractivity contribution in [3.8, 4) is 6.07 Å². The summed E-state index contributed by atoms with van der Waals surface area (Å²) in [7, 11) is 0. The number of nitrogens with zero attached hydrogens (tertiary/aromatic N) is 2. The van der Waals surface area contributed by atoms with Crippen LogP contribution >= 0.6 is 0 Å². The van der Waals surface area contributed by atoms with Crippen molar-refractivity contribution >= 4 is 5.91 Å². The molecule has 5 nitrogen and oxygen atoms in total. The molecule has 0 aromatic rings. The zero-order valence-electron chi connectivity index (χ0n) is 12.4. The van der Waals surface area contributed by atoms with Crippen molar-refractivity contribution in [3.05, 3.63) is 11.8 Å². The molecule has 1 aliphatic rings. The average Bonchev–Trinajstić information content (AvgIpc) is 2.26. The molecule has 0 bridgehead atoms. The molecular weight excluding hydrogens is 242 g/mol. The number of amides is 1. The minimum absolute atomic E-state index is 0.00298. The lowest BCUT2D eigenvalue weighted by molar-refractivity contribution is -0.138. The molecule has 1 heterocycles. The van der Waals surface area contributed by atoms with Gasteiger partial charge in [0, 0.05) is 24.8 Å². The lowest BCUT2D eigenvalue weighted by atomic mass is 10.1. The fourth-order valence-electron chi connectivity index (χ4n) is 1.94. The van der Waals surface area contributed by atoms with Gasteiger partial charge in [-0.2, -0.15) is 5.26 Å². The highest BCUT2D eigenvalue weighted by Crippen LogP contribution is 2.13. The monoisotopic (exact) mass is 265 g/mol. The quantitative estimate of drug-likeness (QED) is 0.606. The van der Waals surface area contributed by atoms with Gasteiger partial charge in [-0.3, -0.25) is 4.79 Å². The topological polar surface area (TPSA) is 65.4 Å². The molecule has 2 atom stereocenters. The van der Waals surface area contributed by atoms with Crippen molar-refractivity contribution < 1.29 is 9.53 Å². The normalized spacial score (nSPS) is 24.8. The van der Waals surface area contributed by atoms with Gasteiger partial charge in [-0.15, -0.1) is 0 Å². The second kappa shape index (κ2) is 6.07. The third-order valence-corrected chi connectivity index (χ3v) is 2.71. The first-order valence-corrected chi connectivity index (χ1v) is 6.55. The first-order chi connectivity index (χ1) is 8.73. The van der Waals surface area contributed by atoms with Crippen LogP contribution in [0.5, 0.6) is 0 Å². The molecule has 0 aromatic heterocycles. The number of carbonyl (C=O) groups is 1. The van der Waals surface area contributed by atoms with Crippen LogP contribution in [0, 0.1) is 11.3 Å². The Morgan fingerprint density at radius 3 is 2.32 bits per heavy atom. The highest BCUT2D eigenvalue weighted by molar-refractivity contribution is 5.97. The average molecular weight is 265 g/mol. The summed E-state index contributed by atoms with van der Waals surface area (Å²) >= 11 is 0. The van der Waals surface area contributed by atoms with Crippen molar-refractivity contribution in [1.82, 2.24) is 10.2 Å².